The lowest BCUT2D eigenvalue weighted by Gasteiger charge is -1.97. The topological polar surface area (TPSA) is 17.1 Å². The molecule has 0 atom stereocenters. The van der Waals surface area contributed by atoms with Gasteiger partial charge in [-0.3, -0.25) is 4.79 Å². The fourth-order valence-corrected chi connectivity index (χ4v) is 2.47. The first-order chi connectivity index (χ1) is 7.70. The molecule has 0 aliphatic carbocycles. The van der Waals surface area contributed by atoms with Crippen LogP contribution in [0.1, 0.15) is 27.0 Å². The van der Waals surface area contributed by atoms with Gasteiger partial charge >= 0.3 is 0 Å². The zero-order valence-corrected chi connectivity index (χ0v) is 10.4. The van der Waals surface area contributed by atoms with Gasteiger partial charge in [0.1, 0.15) is 0 Å². The Morgan fingerprint density at radius 1 is 1.19 bits per heavy atom. The summed E-state index contributed by atoms with van der Waals surface area (Å²) in [7, 11) is 0. The van der Waals surface area contributed by atoms with E-state index < -0.39 is 0 Å². The Kier molecular flexibility index (Phi) is 3.42. The van der Waals surface area contributed by atoms with Crippen LogP contribution in [0.2, 0.25) is 5.02 Å². The highest BCUT2D eigenvalue weighted by Crippen LogP contribution is 2.21. The maximum Gasteiger partial charge on any atom is 0.202 e. The lowest BCUT2D eigenvalue weighted by molar-refractivity contribution is 0.104. The highest BCUT2D eigenvalue weighted by Gasteiger charge is 2.11. The van der Waals surface area contributed by atoms with Crippen LogP contribution in [0.15, 0.2) is 36.4 Å². The number of rotatable bonds is 3. The van der Waals surface area contributed by atoms with E-state index >= 15 is 0 Å². The second-order valence-corrected chi connectivity index (χ2v) is 5.06. The lowest BCUT2D eigenvalue weighted by atomic mass is 10.1. The summed E-state index contributed by atoms with van der Waals surface area (Å²) >= 11 is 7.34. The normalized spacial score (nSPS) is 10.4. The van der Waals surface area contributed by atoms with Crippen molar-refractivity contribution in [1.82, 2.24) is 0 Å². The van der Waals surface area contributed by atoms with Gasteiger partial charge in [0, 0.05) is 15.5 Å². The van der Waals surface area contributed by atoms with Crippen LogP contribution in [0.5, 0.6) is 0 Å². The average Bonchev–Trinajstić information content (AvgIpc) is 2.77. The fraction of sp³-hybridized carbons (Fsp3) is 0.154. The first-order valence-corrected chi connectivity index (χ1v) is 6.29. The summed E-state index contributed by atoms with van der Waals surface area (Å²) in [6, 6.07) is 10.9. The Morgan fingerprint density at radius 3 is 2.44 bits per heavy atom. The van der Waals surface area contributed by atoms with Gasteiger partial charge in [0.25, 0.3) is 0 Å². The molecule has 2 rings (SSSR count). The predicted molar refractivity (Wildman–Crippen MR) is 68.6 cm³/mol. The van der Waals surface area contributed by atoms with E-state index in [1.165, 1.54) is 4.88 Å². The average molecular weight is 251 g/mol. The van der Waals surface area contributed by atoms with Crippen LogP contribution in [0.3, 0.4) is 0 Å². The summed E-state index contributed by atoms with van der Waals surface area (Å²) in [6.45, 7) is 2.09. The van der Waals surface area contributed by atoms with Gasteiger partial charge in [0.05, 0.1) is 4.88 Å². The van der Waals surface area contributed by atoms with Crippen LogP contribution < -0.4 is 0 Å². The van der Waals surface area contributed by atoms with E-state index in [-0.39, 0.29) is 5.78 Å². The lowest BCUT2D eigenvalue weighted by Crippen LogP contribution is -1.97. The van der Waals surface area contributed by atoms with Crippen molar-refractivity contribution in [3.05, 3.63) is 56.7 Å². The van der Waals surface area contributed by atoms with Gasteiger partial charge < -0.3 is 0 Å². The molecule has 1 aromatic carbocycles. The van der Waals surface area contributed by atoms with Crippen LogP contribution in [0.4, 0.5) is 0 Å². The molecular weight excluding hydrogens is 240 g/mol. The van der Waals surface area contributed by atoms with Gasteiger partial charge in [-0.25, -0.2) is 0 Å². The fourth-order valence-electron chi connectivity index (χ4n) is 1.43. The van der Waals surface area contributed by atoms with E-state index in [1.54, 1.807) is 35.6 Å². The molecule has 1 nitrogen and oxygen atoms in total. The number of carbonyl (C=O) groups excluding carboxylic acids is 1. The number of thiophene rings is 1. The molecule has 0 aliphatic rings. The number of hydrogen-bond donors (Lipinski definition) is 0. The van der Waals surface area contributed by atoms with Crippen LogP contribution in [-0.4, -0.2) is 5.78 Å². The van der Waals surface area contributed by atoms with Crippen molar-refractivity contribution in [3.8, 4) is 0 Å². The van der Waals surface area contributed by atoms with Gasteiger partial charge in [-0.15, -0.1) is 11.3 Å². The monoisotopic (exact) mass is 250 g/mol. The summed E-state index contributed by atoms with van der Waals surface area (Å²) in [4.78, 5) is 14.1. The van der Waals surface area contributed by atoms with Crippen LogP contribution in [0.25, 0.3) is 0 Å². The molecule has 0 bridgehead atoms. The molecule has 0 unspecified atom stereocenters. The largest absolute Gasteiger partial charge is 0.288 e. The molecule has 82 valence electrons. The van der Waals surface area contributed by atoms with Gasteiger partial charge in [0.15, 0.2) is 0 Å². The van der Waals surface area contributed by atoms with Gasteiger partial charge in [-0.1, -0.05) is 18.5 Å². The van der Waals surface area contributed by atoms with Crippen molar-refractivity contribution in [2.75, 3.05) is 0 Å². The standard InChI is InChI=1S/C13H11ClOS/c1-2-11-7-8-12(16-11)13(15)9-3-5-10(14)6-4-9/h3-8H,2H2,1H3. The molecular formula is C13H11ClOS. The Morgan fingerprint density at radius 2 is 1.88 bits per heavy atom. The Bertz CT molecular complexity index is 499. The van der Waals surface area contributed by atoms with Crippen LogP contribution in [0, 0.1) is 0 Å². The quantitative estimate of drug-likeness (QED) is 0.747. The van der Waals surface area contributed by atoms with Crippen molar-refractivity contribution < 1.29 is 4.79 Å². The molecule has 3 heteroatoms. The van der Waals surface area contributed by atoms with Crippen molar-refractivity contribution in [2.24, 2.45) is 0 Å². The Labute approximate surface area is 104 Å². The highest BCUT2D eigenvalue weighted by molar-refractivity contribution is 7.14. The second kappa shape index (κ2) is 4.81. The maximum atomic E-state index is 12.1. The molecule has 1 aromatic heterocycles. The SMILES string of the molecule is CCc1ccc(C(=O)c2ccc(Cl)cc2)s1. The second-order valence-electron chi connectivity index (χ2n) is 3.46. The minimum Gasteiger partial charge on any atom is -0.288 e. The van der Waals surface area contributed by atoms with E-state index in [0.29, 0.717) is 10.6 Å². The summed E-state index contributed by atoms with van der Waals surface area (Å²) in [5, 5.41) is 0.650. The number of hydrogen-bond acceptors (Lipinski definition) is 2. The summed E-state index contributed by atoms with van der Waals surface area (Å²) < 4.78 is 0. The van der Waals surface area contributed by atoms with E-state index in [1.807, 2.05) is 12.1 Å². The third kappa shape index (κ3) is 2.34. The van der Waals surface area contributed by atoms with Gasteiger partial charge in [-0.2, -0.15) is 0 Å². The van der Waals surface area contributed by atoms with E-state index in [0.717, 1.165) is 11.3 Å². The molecule has 1 heterocycles. The molecule has 0 radical (unpaired) electrons. The summed E-state index contributed by atoms with van der Waals surface area (Å²) in [5.74, 6) is 0.0707. The first-order valence-electron chi connectivity index (χ1n) is 5.09. The molecule has 0 saturated carbocycles. The molecule has 0 aliphatic heterocycles. The van der Waals surface area contributed by atoms with E-state index in [4.69, 9.17) is 11.6 Å². The molecule has 0 saturated heterocycles. The first kappa shape index (κ1) is 11.4. The molecule has 0 spiro atoms. The van der Waals surface area contributed by atoms with Crippen LogP contribution in [-0.2, 0) is 6.42 Å². The molecule has 0 fully saturated rings. The highest BCUT2D eigenvalue weighted by atomic mass is 35.5. The Hall–Kier alpha value is -1.12. The van der Waals surface area contributed by atoms with Gasteiger partial charge in [0.2, 0.25) is 5.78 Å². The summed E-state index contributed by atoms with van der Waals surface area (Å²) in [6.07, 6.45) is 0.971. The predicted octanol–water partition coefficient (Wildman–Crippen LogP) is 4.19. The number of aryl methyl sites for hydroxylation is 1. The third-order valence-electron chi connectivity index (χ3n) is 2.34. The number of carbonyl (C=O) groups is 1. The van der Waals surface area contributed by atoms with Crippen molar-refractivity contribution >= 4 is 28.7 Å². The van der Waals surface area contributed by atoms with Gasteiger partial charge in [-0.05, 0) is 42.8 Å². The summed E-state index contributed by atoms with van der Waals surface area (Å²) in [5.41, 5.74) is 0.689. The van der Waals surface area contributed by atoms with Crippen LogP contribution >= 0.6 is 22.9 Å². The zero-order valence-electron chi connectivity index (χ0n) is 8.87. The smallest absolute Gasteiger partial charge is 0.202 e. The van der Waals surface area contributed by atoms with Crippen molar-refractivity contribution in [3.63, 3.8) is 0 Å². The van der Waals surface area contributed by atoms with E-state index in [2.05, 4.69) is 6.92 Å². The zero-order chi connectivity index (χ0) is 11.5. The van der Waals surface area contributed by atoms with Crippen molar-refractivity contribution in [1.29, 1.82) is 0 Å². The minimum absolute atomic E-state index is 0.0707. The molecule has 0 N–H and O–H groups in total. The number of benzene rings is 1. The maximum absolute atomic E-state index is 12.1. The van der Waals surface area contributed by atoms with E-state index in [9.17, 15) is 4.79 Å². The molecule has 2 aromatic rings. The molecule has 16 heavy (non-hydrogen) atoms. The number of ketones is 1. The molecule has 0 amide bonds. The minimum atomic E-state index is 0.0707. The number of halogens is 1. The van der Waals surface area contributed by atoms with Crippen molar-refractivity contribution in [2.45, 2.75) is 13.3 Å². The third-order valence-corrected chi connectivity index (χ3v) is 3.82. The Balaban J connectivity index is 2.28.